The molecule has 1 amide bonds. The minimum absolute atomic E-state index is 0.529. The van der Waals surface area contributed by atoms with Gasteiger partial charge in [-0.15, -0.1) is 0 Å². The number of aromatic nitrogens is 1. The van der Waals surface area contributed by atoms with Crippen LogP contribution in [0.4, 0.5) is 5.69 Å². The quantitative estimate of drug-likeness (QED) is 0.547. The lowest BCUT2D eigenvalue weighted by Gasteiger charge is -2.12. The van der Waals surface area contributed by atoms with Crippen molar-refractivity contribution in [3.05, 3.63) is 66.7 Å². The molecule has 0 saturated heterocycles. The Morgan fingerprint density at radius 2 is 1.41 bits per heavy atom. The van der Waals surface area contributed by atoms with E-state index in [4.69, 9.17) is 44.5 Å². The number of halogens is 3. The number of methoxy groups -OCH3 is 1. The number of amides is 1. The van der Waals surface area contributed by atoms with Crippen LogP contribution in [0.25, 0.3) is 22.5 Å². The first-order valence-corrected chi connectivity index (χ1v) is 9.10. The first kappa shape index (κ1) is 19.5. The molecule has 2 aromatic carbocycles. The molecule has 0 radical (unpaired) electrons. The number of carbonyl (C=O) groups is 1. The zero-order chi connectivity index (χ0) is 19.4. The third-order valence-electron chi connectivity index (χ3n) is 3.83. The van der Waals surface area contributed by atoms with Crippen LogP contribution < -0.4 is 10.1 Å². The maximum absolute atomic E-state index is 11.7. The predicted octanol–water partition coefficient (Wildman–Crippen LogP) is 5.73. The average molecular weight is 422 g/mol. The summed E-state index contributed by atoms with van der Waals surface area (Å²) in [6.45, 7) is 0. The molecule has 0 saturated carbocycles. The molecular weight excluding hydrogens is 407 g/mol. The summed E-state index contributed by atoms with van der Waals surface area (Å²) in [6, 6.07) is 20.7. The number of nitrogens with one attached hydrogen (secondary N) is 1. The van der Waals surface area contributed by atoms with Crippen LogP contribution in [0.1, 0.15) is 0 Å². The smallest absolute Gasteiger partial charge is 0.276 e. The predicted molar refractivity (Wildman–Crippen MR) is 111 cm³/mol. The second kappa shape index (κ2) is 8.17. The molecule has 1 heterocycles. The second-order valence-electron chi connectivity index (χ2n) is 5.67. The molecule has 138 valence electrons. The number of hydrogen-bond donors (Lipinski definition) is 1. The van der Waals surface area contributed by atoms with Gasteiger partial charge >= 0.3 is 0 Å². The molecule has 7 heteroatoms. The lowest BCUT2D eigenvalue weighted by atomic mass is 10.1. The monoisotopic (exact) mass is 420 g/mol. The lowest BCUT2D eigenvalue weighted by molar-refractivity contribution is -0.115. The van der Waals surface area contributed by atoms with Crippen LogP contribution in [-0.4, -0.2) is 21.8 Å². The van der Waals surface area contributed by atoms with E-state index in [9.17, 15) is 4.79 Å². The first-order valence-electron chi connectivity index (χ1n) is 7.97. The van der Waals surface area contributed by atoms with Crippen LogP contribution in [0.2, 0.25) is 0 Å². The molecule has 27 heavy (non-hydrogen) atoms. The van der Waals surface area contributed by atoms with Gasteiger partial charge in [0.25, 0.3) is 9.70 Å². The Bertz CT molecular complexity index is 937. The molecule has 1 aromatic heterocycles. The van der Waals surface area contributed by atoms with Gasteiger partial charge in [-0.1, -0.05) is 53.0 Å². The van der Waals surface area contributed by atoms with E-state index in [1.54, 1.807) is 19.2 Å². The van der Waals surface area contributed by atoms with Crippen molar-refractivity contribution in [1.29, 1.82) is 0 Å². The van der Waals surface area contributed by atoms with Gasteiger partial charge in [0.15, 0.2) is 0 Å². The number of ether oxygens (including phenoxy) is 1. The van der Waals surface area contributed by atoms with E-state index in [0.717, 1.165) is 28.3 Å². The van der Waals surface area contributed by atoms with Gasteiger partial charge in [0, 0.05) is 16.8 Å². The maximum Gasteiger partial charge on any atom is 0.276 e. The summed E-state index contributed by atoms with van der Waals surface area (Å²) in [6.07, 6.45) is 0. The van der Waals surface area contributed by atoms with Crippen LogP contribution in [0.3, 0.4) is 0 Å². The standard InChI is InChI=1S/C20H15Cl3N2O2/c1-27-16-11-7-14(8-12-16)18-4-2-3-17(25-18)13-5-9-15(10-6-13)24-19(26)20(21,22)23/h2-12H,1H3,(H,24,26). The Hall–Kier alpha value is -2.27. The van der Waals surface area contributed by atoms with E-state index in [1.165, 1.54) is 0 Å². The van der Waals surface area contributed by atoms with Crippen LogP contribution >= 0.6 is 34.8 Å². The summed E-state index contributed by atoms with van der Waals surface area (Å²) < 4.78 is 3.18. The van der Waals surface area contributed by atoms with Gasteiger partial charge in [-0.3, -0.25) is 4.79 Å². The SMILES string of the molecule is COc1ccc(-c2cccc(-c3ccc(NC(=O)C(Cl)(Cl)Cl)cc3)n2)cc1. The number of carbonyl (C=O) groups excluding carboxylic acids is 1. The fourth-order valence-electron chi connectivity index (χ4n) is 2.44. The Morgan fingerprint density at radius 3 is 1.89 bits per heavy atom. The van der Waals surface area contributed by atoms with Crippen molar-refractivity contribution in [2.24, 2.45) is 0 Å². The van der Waals surface area contributed by atoms with E-state index < -0.39 is 9.70 Å². The van der Waals surface area contributed by atoms with Crippen LogP contribution in [0.15, 0.2) is 66.7 Å². The van der Waals surface area contributed by atoms with Crippen LogP contribution in [0.5, 0.6) is 5.75 Å². The Balaban J connectivity index is 1.81. The van der Waals surface area contributed by atoms with Gasteiger partial charge in [-0.25, -0.2) is 4.98 Å². The Morgan fingerprint density at radius 1 is 0.889 bits per heavy atom. The topological polar surface area (TPSA) is 51.2 Å². The molecule has 4 nitrogen and oxygen atoms in total. The van der Waals surface area contributed by atoms with E-state index in [1.807, 2.05) is 54.6 Å². The number of hydrogen-bond acceptors (Lipinski definition) is 3. The number of anilines is 1. The summed E-state index contributed by atoms with van der Waals surface area (Å²) >= 11 is 16.7. The summed E-state index contributed by atoms with van der Waals surface area (Å²) in [5.74, 6) is 0.0854. The van der Waals surface area contributed by atoms with E-state index >= 15 is 0 Å². The van der Waals surface area contributed by atoms with Gasteiger partial charge in [0.05, 0.1) is 18.5 Å². The fourth-order valence-corrected chi connectivity index (χ4v) is 2.59. The summed E-state index contributed by atoms with van der Waals surface area (Å²) in [7, 11) is 1.63. The number of rotatable bonds is 4. The van der Waals surface area contributed by atoms with Crippen molar-refractivity contribution < 1.29 is 9.53 Å². The molecule has 0 spiro atoms. The van der Waals surface area contributed by atoms with Gasteiger partial charge < -0.3 is 10.1 Å². The zero-order valence-electron chi connectivity index (χ0n) is 14.2. The largest absolute Gasteiger partial charge is 0.497 e. The number of pyridine rings is 1. The highest BCUT2D eigenvalue weighted by Gasteiger charge is 2.30. The molecule has 0 aliphatic carbocycles. The second-order valence-corrected chi connectivity index (χ2v) is 7.95. The number of alkyl halides is 3. The molecule has 0 bridgehead atoms. The van der Waals surface area contributed by atoms with Gasteiger partial charge in [0.2, 0.25) is 0 Å². The average Bonchev–Trinajstić information content (AvgIpc) is 2.68. The maximum atomic E-state index is 11.7. The van der Waals surface area contributed by atoms with Gasteiger partial charge in [0.1, 0.15) is 5.75 Å². The van der Waals surface area contributed by atoms with Crippen molar-refractivity contribution in [3.8, 4) is 28.3 Å². The molecule has 1 N–H and O–H groups in total. The van der Waals surface area contributed by atoms with E-state index in [-0.39, 0.29) is 0 Å². The number of benzene rings is 2. The van der Waals surface area contributed by atoms with E-state index in [2.05, 4.69) is 5.32 Å². The molecule has 3 aromatic rings. The molecular formula is C20H15Cl3N2O2. The van der Waals surface area contributed by atoms with Crippen LogP contribution in [0, 0.1) is 0 Å². The lowest BCUT2D eigenvalue weighted by Crippen LogP contribution is -2.26. The fraction of sp³-hybridized carbons (Fsp3) is 0.100. The third-order valence-corrected chi connectivity index (χ3v) is 4.35. The van der Waals surface area contributed by atoms with Gasteiger partial charge in [-0.2, -0.15) is 0 Å². The third kappa shape index (κ3) is 4.92. The highest BCUT2D eigenvalue weighted by atomic mass is 35.6. The first-order chi connectivity index (χ1) is 12.9. The van der Waals surface area contributed by atoms with Crippen molar-refractivity contribution in [1.82, 2.24) is 4.98 Å². The Kier molecular flexibility index (Phi) is 5.90. The normalized spacial score (nSPS) is 11.1. The van der Waals surface area contributed by atoms with Crippen molar-refractivity contribution >= 4 is 46.4 Å². The number of nitrogens with zero attached hydrogens (tertiary/aromatic N) is 1. The van der Waals surface area contributed by atoms with Crippen molar-refractivity contribution in [2.45, 2.75) is 3.79 Å². The summed E-state index contributed by atoms with van der Waals surface area (Å²) in [5.41, 5.74) is 4.08. The summed E-state index contributed by atoms with van der Waals surface area (Å²) in [4.78, 5) is 16.4. The highest BCUT2D eigenvalue weighted by Crippen LogP contribution is 2.29. The minimum atomic E-state index is -2.01. The molecule has 3 rings (SSSR count). The summed E-state index contributed by atoms with van der Waals surface area (Å²) in [5, 5.41) is 2.54. The van der Waals surface area contributed by atoms with Crippen molar-refractivity contribution in [3.63, 3.8) is 0 Å². The molecule has 0 fully saturated rings. The zero-order valence-corrected chi connectivity index (χ0v) is 16.5. The molecule has 0 aliphatic heterocycles. The van der Waals surface area contributed by atoms with Crippen LogP contribution in [-0.2, 0) is 4.79 Å². The highest BCUT2D eigenvalue weighted by molar-refractivity contribution is 6.76. The van der Waals surface area contributed by atoms with Gasteiger partial charge in [-0.05, 0) is 48.5 Å². The molecule has 0 atom stereocenters. The molecule has 0 aliphatic rings. The molecule has 0 unspecified atom stereocenters. The Labute approximate surface area is 172 Å². The van der Waals surface area contributed by atoms with Crippen molar-refractivity contribution in [2.75, 3.05) is 12.4 Å². The minimum Gasteiger partial charge on any atom is -0.497 e. The van der Waals surface area contributed by atoms with E-state index in [0.29, 0.717) is 5.69 Å².